The lowest BCUT2D eigenvalue weighted by Gasteiger charge is -2.25. The van der Waals surface area contributed by atoms with Crippen molar-refractivity contribution in [2.75, 3.05) is 27.4 Å². The van der Waals surface area contributed by atoms with Crippen molar-refractivity contribution in [3.05, 3.63) is 48.0 Å². The Bertz CT molecular complexity index is 1100. The fraction of sp³-hybridized carbons (Fsp3) is 0.480. The summed E-state index contributed by atoms with van der Waals surface area (Å²) in [5, 5.41) is 1.80. The maximum atomic E-state index is 13.1. The van der Waals surface area contributed by atoms with Gasteiger partial charge in [0.15, 0.2) is 5.78 Å². The number of rotatable bonds is 12. The van der Waals surface area contributed by atoms with Gasteiger partial charge in [-0.3, -0.25) is 4.79 Å². The van der Waals surface area contributed by atoms with E-state index in [9.17, 15) is 13.2 Å². The van der Waals surface area contributed by atoms with Crippen LogP contribution in [-0.4, -0.2) is 52.6 Å². The first kappa shape index (κ1) is 24.5. The van der Waals surface area contributed by atoms with E-state index < -0.39 is 10.0 Å². The highest BCUT2D eigenvalue weighted by molar-refractivity contribution is 7.89. The number of sulfonamides is 1. The van der Waals surface area contributed by atoms with Gasteiger partial charge in [-0.1, -0.05) is 0 Å². The summed E-state index contributed by atoms with van der Waals surface area (Å²) in [7, 11) is -0.892. The number of hydrogen-bond acceptors (Lipinski definition) is 7. The summed E-state index contributed by atoms with van der Waals surface area (Å²) >= 11 is 0. The molecule has 0 radical (unpaired) electrons. The molecular formula is C25H32N2O6S. The third kappa shape index (κ3) is 5.89. The van der Waals surface area contributed by atoms with Gasteiger partial charge in [-0.2, -0.15) is 0 Å². The molecule has 0 unspecified atom stereocenters. The Hall–Kier alpha value is -2.62. The van der Waals surface area contributed by atoms with Crippen molar-refractivity contribution in [2.45, 2.75) is 49.5 Å². The van der Waals surface area contributed by atoms with Crippen LogP contribution in [0.15, 0.2) is 47.4 Å². The average Bonchev–Trinajstić information content (AvgIpc) is 3.62. The first-order valence-corrected chi connectivity index (χ1v) is 13.2. The highest BCUT2D eigenvalue weighted by Gasteiger charge is 2.31. The molecule has 0 spiro atoms. The predicted octanol–water partition coefficient (Wildman–Crippen LogP) is 3.81. The van der Waals surface area contributed by atoms with Crippen molar-refractivity contribution in [3.63, 3.8) is 0 Å². The Morgan fingerprint density at radius 3 is 2.44 bits per heavy atom. The predicted molar refractivity (Wildman–Crippen MR) is 128 cm³/mol. The van der Waals surface area contributed by atoms with Gasteiger partial charge in [-0.25, -0.2) is 13.4 Å². The van der Waals surface area contributed by atoms with Gasteiger partial charge in [0.1, 0.15) is 22.1 Å². The van der Waals surface area contributed by atoms with Gasteiger partial charge in [0, 0.05) is 30.1 Å². The van der Waals surface area contributed by atoms with Crippen LogP contribution in [0.2, 0.25) is 0 Å². The molecule has 1 saturated heterocycles. The second-order valence-corrected chi connectivity index (χ2v) is 10.4. The second kappa shape index (κ2) is 10.8. The molecule has 2 aromatic carbocycles. The van der Waals surface area contributed by atoms with Gasteiger partial charge in [-0.15, -0.1) is 4.83 Å². The molecule has 1 atom stereocenters. The van der Waals surface area contributed by atoms with E-state index in [1.807, 2.05) is 24.3 Å². The number of nitrogens with one attached hydrogen (secondary N) is 1. The Kier molecular flexibility index (Phi) is 7.75. The molecule has 34 heavy (non-hydrogen) atoms. The summed E-state index contributed by atoms with van der Waals surface area (Å²) < 4.78 is 42.4. The summed E-state index contributed by atoms with van der Waals surface area (Å²) in [5.41, 5.74) is 0.747. The van der Waals surface area contributed by atoms with E-state index >= 15 is 0 Å². The molecule has 1 saturated carbocycles. The fourth-order valence-corrected chi connectivity index (χ4v) is 5.59. The summed E-state index contributed by atoms with van der Waals surface area (Å²) in [6.07, 6.45) is 5.41. The van der Waals surface area contributed by atoms with Crippen molar-refractivity contribution < 1.29 is 27.4 Å². The number of benzene rings is 2. The number of ketones is 1. The molecule has 1 aliphatic carbocycles. The zero-order chi connectivity index (χ0) is 24.1. The van der Waals surface area contributed by atoms with Gasteiger partial charge in [0.2, 0.25) is 0 Å². The van der Waals surface area contributed by atoms with Gasteiger partial charge >= 0.3 is 0 Å². The van der Waals surface area contributed by atoms with Gasteiger partial charge < -0.3 is 14.2 Å². The Balaban J connectivity index is 1.28. The maximum Gasteiger partial charge on any atom is 0.257 e. The van der Waals surface area contributed by atoms with E-state index in [2.05, 4.69) is 4.83 Å². The highest BCUT2D eigenvalue weighted by atomic mass is 32.2. The van der Waals surface area contributed by atoms with Crippen LogP contribution < -0.4 is 19.0 Å². The van der Waals surface area contributed by atoms with Crippen LogP contribution in [0.5, 0.6) is 17.2 Å². The molecule has 4 rings (SSSR count). The third-order valence-electron chi connectivity index (χ3n) is 6.31. The fourth-order valence-electron chi connectivity index (χ4n) is 4.26. The maximum absolute atomic E-state index is 13.1. The summed E-state index contributed by atoms with van der Waals surface area (Å²) in [4.78, 5) is 14.9. The van der Waals surface area contributed by atoms with E-state index in [1.54, 1.807) is 17.1 Å². The molecule has 1 aliphatic heterocycles. The average molecular weight is 489 g/mol. The van der Waals surface area contributed by atoms with Crippen molar-refractivity contribution in [1.29, 1.82) is 0 Å². The molecular weight excluding hydrogens is 456 g/mol. The smallest absolute Gasteiger partial charge is 0.257 e. The molecule has 8 nitrogen and oxygen atoms in total. The normalized spacial score (nSPS) is 18.6. The SMILES string of the molecule is COc1ccc(OC)c(S(=O)(=O)NN2CCC[C@@H]2CCCOc2ccc(C(=O)C3CC3)cc2)c1. The van der Waals surface area contributed by atoms with Crippen LogP contribution in [-0.2, 0) is 10.0 Å². The number of carbonyl (C=O) groups excluding carboxylic acids is 1. The minimum absolute atomic E-state index is 0.0481. The van der Waals surface area contributed by atoms with Crippen molar-refractivity contribution in [3.8, 4) is 17.2 Å². The number of Topliss-reactive ketones (excluding diaryl/α,β-unsaturated/α-hetero) is 1. The first-order valence-electron chi connectivity index (χ1n) is 11.7. The number of methoxy groups -OCH3 is 2. The molecule has 2 aliphatic rings. The number of hydrazine groups is 1. The number of carbonyl (C=O) groups is 1. The molecule has 2 fully saturated rings. The van der Waals surface area contributed by atoms with Crippen LogP contribution in [0, 0.1) is 5.92 Å². The lowest BCUT2D eigenvalue weighted by molar-refractivity contribution is 0.0967. The number of ether oxygens (including phenoxy) is 3. The molecule has 0 aromatic heterocycles. The van der Waals surface area contributed by atoms with E-state index in [0.717, 1.165) is 49.8 Å². The monoisotopic (exact) mass is 488 g/mol. The molecule has 184 valence electrons. The zero-order valence-corrected chi connectivity index (χ0v) is 20.5. The van der Waals surface area contributed by atoms with Crippen LogP contribution >= 0.6 is 0 Å². The van der Waals surface area contributed by atoms with E-state index in [1.165, 1.54) is 20.3 Å². The van der Waals surface area contributed by atoms with Gasteiger partial charge in [0.25, 0.3) is 10.0 Å². The molecule has 0 amide bonds. The molecule has 2 aromatic rings. The van der Waals surface area contributed by atoms with Gasteiger partial charge in [-0.05, 0) is 74.9 Å². The Morgan fingerprint density at radius 1 is 1.03 bits per heavy atom. The molecule has 0 bridgehead atoms. The van der Waals surface area contributed by atoms with Gasteiger partial charge in [0.05, 0.1) is 20.8 Å². The van der Waals surface area contributed by atoms with E-state index in [0.29, 0.717) is 18.9 Å². The van der Waals surface area contributed by atoms with Crippen LogP contribution in [0.25, 0.3) is 0 Å². The minimum Gasteiger partial charge on any atom is -0.497 e. The first-order chi connectivity index (χ1) is 16.4. The third-order valence-corrected chi connectivity index (χ3v) is 7.69. The lowest BCUT2D eigenvalue weighted by Crippen LogP contribution is -2.45. The zero-order valence-electron chi connectivity index (χ0n) is 19.7. The second-order valence-electron chi connectivity index (χ2n) is 8.75. The summed E-state index contributed by atoms with van der Waals surface area (Å²) in [6.45, 7) is 1.17. The summed E-state index contributed by atoms with van der Waals surface area (Å²) in [6, 6.07) is 12.1. The molecule has 1 N–H and O–H groups in total. The quantitative estimate of drug-likeness (QED) is 0.359. The molecule has 9 heteroatoms. The topological polar surface area (TPSA) is 94.2 Å². The Morgan fingerprint density at radius 2 is 1.76 bits per heavy atom. The van der Waals surface area contributed by atoms with Crippen molar-refractivity contribution in [1.82, 2.24) is 9.84 Å². The Labute approximate surface area is 201 Å². The van der Waals surface area contributed by atoms with Crippen molar-refractivity contribution in [2.24, 2.45) is 5.92 Å². The highest BCUT2D eigenvalue weighted by Crippen LogP contribution is 2.33. The number of hydrogen-bond donors (Lipinski definition) is 1. The standard InChI is InChI=1S/C25H32N2O6S/c1-31-22-13-14-23(32-2)24(17-22)34(29,30)26-27-15-3-5-20(27)6-4-16-33-21-11-9-19(10-12-21)25(28)18-7-8-18/h9-14,17-18,20,26H,3-8,15-16H2,1-2H3/t20-/m1/s1. The lowest BCUT2D eigenvalue weighted by atomic mass is 10.1. The van der Waals surface area contributed by atoms with Crippen LogP contribution in [0.4, 0.5) is 0 Å². The van der Waals surface area contributed by atoms with Crippen molar-refractivity contribution >= 4 is 15.8 Å². The largest absolute Gasteiger partial charge is 0.497 e. The van der Waals surface area contributed by atoms with Crippen LogP contribution in [0.3, 0.4) is 0 Å². The van der Waals surface area contributed by atoms with E-state index in [4.69, 9.17) is 14.2 Å². The number of nitrogens with zero attached hydrogens (tertiary/aromatic N) is 1. The minimum atomic E-state index is -3.83. The molecule has 1 heterocycles. The summed E-state index contributed by atoms with van der Waals surface area (Å²) in [5.74, 6) is 1.88. The van der Waals surface area contributed by atoms with E-state index in [-0.39, 0.29) is 28.4 Å². The van der Waals surface area contributed by atoms with Crippen LogP contribution in [0.1, 0.15) is 48.9 Å².